The van der Waals surface area contributed by atoms with E-state index < -0.39 is 0 Å². The highest BCUT2D eigenvalue weighted by molar-refractivity contribution is 5.79. The molecule has 6 nitrogen and oxygen atoms in total. The second kappa shape index (κ2) is 9.05. The normalized spacial score (nSPS) is 16.2. The fraction of sp³-hybridized carbons (Fsp3) is 0.545. The van der Waals surface area contributed by atoms with Crippen molar-refractivity contribution in [2.45, 2.75) is 46.3 Å². The molecule has 158 valence electrons. The molecule has 0 N–H and O–H groups in total. The highest BCUT2D eigenvalue weighted by Crippen LogP contribution is 2.19. The van der Waals surface area contributed by atoms with Crippen LogP contribution in [0.4, 0.5) is 4.39 Å². The van der Waals surface area contributed by atoms with E-state index in [0.717, 1.165) is 49.7 Å². The monoisotopic (exact) mass is 402 g/mol. The van der Waals surface area contributed by atoms with E-state index in [9.17, 15) is 9.18 Å². The number of aromatic nitrogens is 1. The Kier molecular flexibility index (Phi) is 6.70. The lowest BCUT2D eigenvalue weighted by atomic mass is 10.0. The maximum Gasteiger partial charge on any atom is 0.237 e. The summed E-state index contributed by atoms with van der Waals surface area (Å²) < 4.78 is 18.7. The van der Waals surface area contributed by atoms with E-state index in [1.165, 1.54) is 12.1 Å². The third kappa shape index (κ3) is 6.11. The first-order chi connectivity index (χ1) is 13.7. The predicted octanol–water partition coefficient (Wildman–Crippen LogP) is 3.07. The van der Waals surface area contributed by atoms with Gasteiger partial charge in [-0.15, -0.1) is 0 Å². The second-order valence-electron chi connectivity index (χ2n) is 8.76. The van der Waals surface area contributed by atoms with Crippen LogP contribution in [-0.4, -0.2) is 64.0 Å². The van der Waals surface area contributed by atoms with E-state index in [-0.39, 0.29) is 17.3 Å². The third-order valence-corrected chi connectivity index (χ3v) is 5.23. The second-order valence-corrected chi connectivity index (χ2v) is 8.76. The molecule has 0 spiro atoms. The van der Waals surface area contributed by atoms with Crippen molar-refractivity contribution in [2.75, 3.05) is 32.7 Å². The van der Waals surface area contributed by atoms with Gasteiger partial charge in [0.2, 0.25) is 5.91 Å². The number of rotatable bonds is 6. The summed E-state index contributed by atoms with van der Waals surface area (Å²) in [5.74, 6) is 0.620. The topological polar surface area (TPSA) is 52.8 Å². The molecule has 29 heavy (non-hydrogen) atoms. The molecule has 1 aliphatic heterocycles. The van der Waals surface area contributed by atoms with Crippen LogP contribution in [0.3, 0.4) is 0 Å². The Labute approximate surface area is 172 Å². The lowest BCUT2D eigenvalue weighted by Crippen LogP contribution is -2.53. The van der Waals surface area contributed by atoms with Gasteiger partial charge in [0, 0.05) is 50.9 Å². The molecule has 2 heterocycles. The first kappa shape index (κ1) is 21.5. The molecule has 7 heteroatoms. The summed E-state index contributed by atoms with van der Waals surface area (Å²) in [6.45, 7) is 12.9. The largest absolute Gasteiger partial charge is 0.361 e. The van der Waals surface area contributed by atoms with Crippen molar-refractivity contribution in [3.05, 3.63) is 53.2 Å². The molecule has 0 saturated carbocycles. The van der Waals surface area contributed by atoms with Crippen molar-refractivity contribution < 1.29 is 13.7 Å². The molecule has 0 radical (unpaired) electrons. The fourth-order valence-corrected chi connectivity index (χ4v) is 3.62. The van der Waals surface area contributed by atoms with Crippen LogP contribution in [0.25, 0.3) is 0 Å². The van der Waals surface area contributed by atoms with Crippen molar-refractivity contribution in [1.82, 2.24) is 19.9 Å². The van der Waals surface area contributed by atoms with E-state index >= 15 is 0 Å². The summed E-state index contributed by atoms with van der Waals surface area (Å²) >= 11 is 0. The molecule has 0 aliphatic carbocycles. The zero-order valence-electron chi connectivity index (χ0n) is 17.8. The van der Waals surface area contributed by atoms with E-state index in [4.69, 9.17) is 4.52 Å². The molecule has 1 aromatic heterocycles. The molecule has 1 amide bonds. The SMILES string of the molecule is Cc1cc(CN2CCN(CC(=O)N(Cc3cccc(F)c3)C(C)(C)C)CC2)no1. The van der Waals surface area contributed by atoms with Crippen molar-refractivity contribution in [1.29, 1.82) is 0 Å². The molecule has 3 rings (SSSR count). The van der Waals surface area contributed by atoms with Gasteiger partial charge in [-0.05, 0) is 45.4 Å². The number of halogens is 1. The van der Waals surface area contributed by atoms with E-state index in [2.05, 4.69) is 15.0 Å². The number of carbonyl (C=O) groups is 1. The first-order valence-electron chi connectivity index (χ1n) is 10.1. The van der Waals surface area contributed by atoms with E-state index in [0.29, 0.717) is 13.1 Å². The van der Waals surface area contributed by atoms with Crippen molar-refractivity contribution in [3.8, 4) is 0 Å². The van der Waals surface area contributed by atoms with Crippen LogP contribution in [0.2, 0.25) is 0 Å². The summed E-state index contributed by atoms with van der Waals surface area (Å²) in [5, 5.41) is 4.06. The number of hydrogen-bond donors (Lipinski definition) is 0. The molecular formula is C22H31FN4O2. The van der Waals surface area contributed by atoms with Gasteiger partial charge in [0.25, 0.3) is 0 Å². The third-order valence-electron chi connectivity index (χ3n) is 5.23. The van der Waals surface area contributed by atoms with Gasteiger partial charge in [-0.1, -0.05) is 17.3 Å². The molecule has 1 aliphatic rings. The average Bonchev–Trinajstić information content (AvgIpc) is 3.05. The molecular weight excluding hydrogens is 371 g/mol. The quantitative estimate of drug-likeness (QED) is 0.743. The van der Waals surface area contributed by atoms with Gasteiger partial charge >= 0.3 is 0 Å². The van der Waals surface area contributed by atoms with Crippen LogP contribution in [-0.2, 0) is 17.9 Å². The van der Waals surface area contributed by atoms with Crippen molar-refractivity contribution in [2.24, 2.45) is 0 Å². The molecule has 0 atom stereocenters. The number of benzene rings is 1. The standard InChI is InChI=1S/C22H31FN4O2/c1-17-12-20(24-29-17)15-25-8-10-26(11-9-25)16-21(28)27(22(2,3)4)14-18-6-5-7-19(23)13-18/h5-7,12-13H,8-11,14-16H2,1-4H3. The first-order valence-corrected chi connectivity index (χ1v) is 10.1. The van der Waals surface area contributed by atoms with Gasteiger partial charge in [0.05, 0.1) is 12.2 Å². The maximum atomic E-state index is 13.6. The Morgan fingerprint density at radius 1 is 1.17 bits per heavy atom. The zero-order valence-corrected chi connectivity index (χ0v) is 17.8. The van der Waals surface area contributed by atoms with Crippen LogP contribution in [0.5, 0.6) is 0 Å². The minimum Gasteiger partial charge on any atom is -0.361 e. The number of aryl methyl sites for hydroxylation is 1. The van der Waals surface area contributed by atoms with Crippen LogP contribution >= 0.6 is 0 Å². The maximum absolute atomic E-state index is 13.6. The van der Waals surface area contributed by atoms with Gasteiger partial charge in [-0.2, -0.15) is 0 Å². The summed E-state index contributed by atoms with van der Waals surface area (Å²) in [6.07, 6.45) is 0. The Balaban J connectivity index is 1.54. The van der Waals surface area contributed by atoms with Gasteiger partial charge in [0.15, 0.2) is 0 Å². The van der Waals surface area contributed by atoms with E-state index in [1.807, 2.05) is 44.7 Å². The number of nitrogens with zero attached hydrogens (tertiary/aromatic N) is 4. The number of carbonyl (C=O) groups excluding carboxylic acids is 1. The van der Waals surface area contributed by atoms with Gasteiger partial charge < -0.3 is 9.42 Å². The van der Waals surface area contributed by atoms with Crippen LogP contribution in [0.1, 0.15) is 37.8 Å². The predicted molar refractivity (Wildman–Crippen MR) is 110 cm³/mol. The van der Waals surface area contributed by atoms with Crippen molar-refractivity contribution in [3.63, 3.8) is 0 Å². The average molecular weight is 403 g/mol. The summed E-state index contributed by atoms with van der Waals surface area (Å²) in [4.78, 5) is 19.4. The van der Waals surface area contributed by atoms with E-state index in [1.54, 1.807) is 6.07 Å². The summed E-state index contributed by atoms with van der Waals surface area (Å²) in [5.41, 5.74) is 1.41. The van der Waals surface area contributed by atoms with Crippen LogP contribution in [0, 0.1) is 12.7 Å². The smallest absolute Gasteiger partial charge is 0.237 e. The molecule has 1 saturated heterocycles. The highest BCUT2D eigenvalue weighted by Gasteiger charge is 2.29. The molecule has 0 unspecified atom stereocenters. The Morgan fingerprint density at radius 2 is 1.86 bits per heavy atom. The van der Waals surface area contributed by atoms with Gasteiger partial charge in [-0.3, -0.25) is 14.6 Å². The Hall–Kier alpha value is -2.25. The molecule has 1 fully saturated rings. The fourth-order valence-electron chi connectivity index (χ4n) is 3.62. The highest BCUT2D eigenvalue weighted by atomic mass is 19.1. The summed E-state index contributed by atoms with van der Waals surface area (Å²) in [6, 6.07) is 8.43. The lowest BCUT2D eigenvalue weighted by Gasteiger charge is -2.39. The van der Waals surface area contributed by atoms with Gasteiger partial charge in [0.1, 0.15) is 11.6 Å². The van der Waals surface area contributed by atoms with Crippen LogP contribution in [0.15, 0.2) is 34.9 Å². The molecule has 2 aromatic rings. The number of amides is 1. The van der Waals surface area contributed by atoms with Crippen LogP contribution < -0.4 is 0 Å². The number of piperazine rings is 1. The zero-order chi connectivity index (χ0) is 21.0. The minimum absolute atomic E-state index is 0.0716. The van der Waals surface area contributed by atoms with Gasteiger partial charge in [-0.25, -0.2) is 4.39 Å². The number of hydrogen-bond acceptors (Lipinski definition) is 5. The Bertz CT molecular complexity index is 822. The molecule has 0 bridgehead atoms. The lowest BCUT2D eigenvalue weighted by molar-refractivity contribution is -0.138. The Morgan fingerprint density at radius 3 is 2.45 bits per heavy atom. The van der Waals surface area contributed by atoms with Crippen molar-refractivity contribution >= 4 is 5.91 Å². The molecule has 1 aromatic carbocycles. The summed E-state index contributed by atoms with van der Waals surface area (Å²) in [7, 11) is 0. The minimum atomic E-state index is -0.337.